The van der Waals surface area contributed by atoms with E-state index in [-0.39, 0.29) is 5.97 Å². The van der Waals surface area contributed by atoms with E-state index in [1.54, 1.807) is 0 Å². The molecule has 1 aliphatic heterocycles. The number of esters is 1. The molecule has 118 valence electrons. The van der Waals surface area contributed by atoms with Crippen molar-refractivity contribution >= 4 is 5.97 Å². The maximum Gasteiger partial charge on any atom is 0.305 e. The molecule has 0 spiro atoms. The Kier molecular flexibility index (Phi) is 10.6. The van der Waals surface area contributed by atoms with E-state index in [0.29, 0.717) is 25.7 Å². The second kappa shape index (κ2) is 12.2. The smallest absolute Gasteiger partial charge is 0.305 e. The molecule has 1 heterocycles. The van der Waals surface area contributed by atoms with Crippen molar-refractivity contribution in [3.05, 3.63) is 0 Å². The molecule has 4 heteroatoms. The molecule has 1 N–H and O–H groups in total. The highest BCUT2D eigenvalue weighted by Gasteiger charge is 2.13. The summed E-state index contributed by atoms with van der Waals surface area (Å²) in [6.07, 6.45) is 10.2. The van der Waals surface area contributed by atoms with Gasteiger partial charge in [-0.05, 0) is 32.4 Å². The van der Waals surface area contributed by atoms with E-state index in [9.17, 15) is 4.79 Å². The fraction of sp³-hybridized carbons (Fsp3) is 0.938. The van der Waals surface area contributed by atoms with Crippen molar-refractivity contribution in [1.82, 2.24) is 5.32 Å². The van der Waals surface area contributed by atoms with Gasteiger partial charge in [0.25, 0.3) is 0 Å². The number of piperidine rings is 1. The summed E-state index contributed by atoms with van der Waals surface area (Å²) < 4.78 is 10.9. The van der Waals surface area contributed by atoms with Crippen molar-refractivity contribution in [3.63, 3.8) is 0 Å². The maximum atomic E-state index is 11.5. The van der Waals surface area contributed by atoms with Gasteiger partial charge in [-0.25, -0.2) is 0 Å². The molecule has 0 unspecified atom stereocenters. The molecule has 0 atom stereocenters. The number of carbonyl (C=O) groups excluding carboxylic acids is 1. The number of ether oxygens (including phenoxy) is 2. The van der Waals surface area contributed by atoms with Gasteiger partial charge in [0, 0.05) is 6.42 Å². The van der Waals surface area contributed by atoms with E-state index < -0.39 is 0 Å². The zero-order chi connectivity index (χ0) is 14.5. The van der Waals surface area contributed by atoms with E-state index in [4.69, 9.17) is 9.47 Å². The molecule has 1 fully saturated rings. The number of nitrogens with one attached hydrogen (secondary N) is 1. The molecule has 4 nitrogen and oxygen atoms in total. The molecule has 0 amide bonds. The molecule has 0 radical (unpaired) electrons. The lowest BCUT2D eigenvalue weighted by atomic mass is 10.1. The predicted molar refractivity (Wildman–Crippen MR) is 80.8 cm³/mol. The van der Waals surface area contributed by atoms with E-state index in [0.717, 1.165) is 38.8 Å². The summed E-state index contributed by atoms with van der Waals surface area (Å²) in [5, 5.41) is 3.30. The number of hydrogen-bond donors (Lipinski definition) is 1. The third kappa shape index (κ3) is 9.32. The molecule has 0 aromatic rings. The maximum absolute atomic E-state index is 11.5. The van der Waals surface area contributed by atoms with Crippen LogP contribution in [-0.2, 0) is 14.3 Å². The Morgan fingerprint density at radius 1 is 1.05 bits per heavy atom. The van der Waals surface area contributed by atoms with Crippen LogP contribution in [0.25, 0.3) is 0 Å². The van der Waals surface area contributed by atoms with Crippen LogP contribution in [0.5, 0.6) is 0 Å². The molecule has 20 heavy (non-hydrogen) atoms. The Morgan fingerprint density at radius 2 is 1.75 bits per heavy atom. The highest BCUT2D eigenvalue weighted by atomic mass is 16.6. The molecule has 0 aromatic carbocycles. The Balaban J connectivity index is 1.84. The van der Waals surface area contributed by atoms with Crippen LogP contribution in [0.15, 0.2) is 0 Å². The van der Waals surface area contributed by atoms with Crippen LogP contribution in [0.2, 0.25) is 0 Å². The van der Waals surface area contributed by atoms with Crippen molar-refractivity contribution in [1.29, 1.82) is 0 Å². The summed E-state index contributed by atoms with van der Waals surface area (Å²) in [5.41, 5.74) is 0. The lowest BCUT2D eigenvalue weighted by Gasteiger charge is -2.22. The molecular weight excluding hydrogens is 254 g/mol. The van der Waals surface area contributed by atoms with Gasteiger partial charge in [0.15, 0.2) is 0 Å². The van der Waals surface area contributed by atoms with Crippen LogP contribution >= 0.6 is 0 Å². The van der Waals surface area contributed by atoms with Crippen molar-refractivity contribution in [2.75, 3.05) is 26.3 Å². The zero-order valence-corrected chi connectivity index (χ0v) is 13.0. The molecule has 0 saturated carbocycles. The fourth-order valence-electron chi connectivity index (χ4n) is 2.45. The van der Waals surface area contributed by atoms with E-state index in [1.165, 1.54) is 25.7 Å². The Bertz CT molecular complexity index is 240. The molecular formula is C16H31NO3. The highest BCUT2D eigenvalue weighted by molar-refractivity contribution is 5.69. The van der Waals surface area contributed by atoms with E-state index in [2.05, 4.69) is 12.2 Å². The summed E-state index contributed by atoms with van der Waals surface area (Å²) >= 11 is 0. The minimum Gasteiger partial charge on any atom is -0.463 e. The first-order chi connectivity index (χ1) is 9.83. The fourth-order valence-corrected chi connectivity index (χ4v) is 2.45. The first kappa shape index (κ1) is 17.4. The lowest BCUT2D eigenvalue weighted by molar-refractivity contribution is -0.146. The second-order valence-electron chi connectivity index (χ2n) is 5.56. The normalized spacial score (nSPS) is 16.2. The average Bonchev–Trinajstić information content (AvgIpc) is 2.48. The van der Waals surface area contributed by atoms with Gasteiger partial charge in [0.1, 0.15) is 6.61 Å². The van der Waals surface area contributed by atoms with Gasteiger partial charge in [-0.15, -0.1) is 0 Å². The molecule has 0 bridgehead atoms. The summed E-state index contributed by atoms with van der Waals surface area (Å²) in [6, 6.07) is 0. The van der Waals surface area contributed by atoms with Crippen LogP contribution in [-0.4, -0.2) is 38.4 Å². The molecule has 1 rings (SSSR count). The first-order valence-corrected chi connectivity index (χ1v) is 8.31. The van der Waals surface area contributed by atoms with Crippen LogP contribution in [0.4, 0.5) is 0 Å². The minimum absolute atomic E-state index is 0.0746. The molecule has 0 aromatic heterocycles. The van der Waals surface area contributed by atoms with Crippen LogP contribution in [0.1, 0.15) is 64.7 Å². The van der Waals surface area contributed by atoms with Gasteiger partial charge >= 0.3 is 5.97 Å². The van der Waals surface area contributed by atoms with Crippen molar-refractivity contribution in [3.8, 4) is 0 Å². The lowest BCUT2D eigenvalue weighted by Crippen LogP contribution is -2.33. The summed E-state index contributed by atoms with van der Waals surface area (Å²) in [7, 11) is 0. The first-order valence-electron chi connectivity index (χ1n) is 8.31. The van der Waals surface area contributed by atoms with Gasteiger partial charge < -0.3 is 14.8 Å². The van der Waals surface area contributed by atoms with Gasteiger partial charge in [0.2, 0.25) is 0 Å². The Morgan fingerprint density at radius 3 is 2.50 bits per heavy atom. The van der Waals surface area contributed by atoms with Gasteiger partial charge in [-0.1, -0.05) is 39.0 Å². The van der Waals surface area contributed by atoms with Gasteiger partial charge in [0.05, 0.1) is 12.7 Å². The third-order valence-electron chi connectivity index (χ3n) is 3.72. The highest BCUT2D eigenvalue weighted by Crippen LogP contribution is 2.08. The van der Waals surface area contributed by atoms with Crippen LogP contribution in [0, 0.1) is 0 Å². The Hall–Kier alpha value is -0.610. The largest absolute Gasteiger partial charge is 0.463 e. The summed E-state index contributed by atoms with van der Waals surface area (Å²) in [6.45, 7) is 5.21. The molecule has 1 saturated heterocycles. The number of rotatable bonds is 11. The third-order valence-corrected chi connectivity index (χ3v) is 3.72. The SMILES string of the molecule is CCCCCCCCC(=O)OCCOC1CCNCC1. The second-order valence-corrected chi connectivity index (χ2v) is 5.56. The standard InChI is InChI=1S/C16H31NO3/c1-2-3-4-5-6-7-8-16(18)20-14-13-19-15-9-11-17-12-10-15/h15,17H,2-14H2,1H3. The average molecular weight is 285 g/mol. The van der Waals surface area contributed by atoms with Crippen LogP contribution in [0.3, 0.4) is 0 Å². The van der Waals surface area contributed by atoms with Crippen molar-refractivity contribution in [2.24, 2.45) is 0 Å². The van der Waals surface area contributed by atoms with Crippen molar-refractivity contribution in [2.45, 2.75) is 70.8 Å². The Labute approximate surface area is 123 Å². The van der Waals surface area contributed by atoms with Crippen LogP contribution < -0.4 is 5.32 Å². The minimum atomic E-state index is -0.0746. The zero-order valence-electron chi connectivity index (χ0n) is 13.0. The molecule has 0 aliphatic carbocycles. The van der Waals surface area contributed by atoms with Gasteiger partial charge in [-0.3, -0.25) is 4.79 Å². The topological polar surface area (TPSA) is 47.6 Å². The quantitative estimate of drug-likeness (QED) is 0.468. The monoisotopic (exact) mass is 285 g/mol. The van der Waals surface area contributed by atoms with E-state index in [1.807, 2.05) is 0 Å². The van der Waals surface area contributed by atoms with Gasteiger partial charge in [-0.2, -0.15) is 0 Å². The molecule has 1 aliphatic rings. The predicted octanol–water partition coefficient (Wildman–Crippen LogP) is 3.05. The number of hydrogen-bond acceptors (Lipinski definition) is 4. The summed E-state index contributed by atoms with van der Waals surface area (Å²) in [4.78, 5) is 11.5. The van der Waals surface area contributed by atoms with E-state index >= 15 is 0 Å². The number of carbonyl (C=O) groups is 1. The van der Waals surface area contributed by atoms with Crippen molar-refractivity contribution < 1.29 is 14.3 Å². The summed E-state index contributed by atoms with van der Waals surface area (Å²) in [5.74, 6) is -0.0746. The number of unbranched alkanes of at least 4 members (excludes halogenated alkanes) is 5.